The molecule has 0 N–H and O–H groups in total. The van der Waals surface area contributed by atoms with Crippen LogP contribution in [0.5, 0.6) is 0 Å². The van der Waals surface area contributed by atoms with E-state index in [-0.39, 0.29) is 0 Å². The quantitative estimate of drug-likeness (QED) is 0.412. The van der Waals surface area contributed by atoms with E-state index in [0.29, 0.717) is 0 Å². The maximum Gasteiger partial charge on any atom is 0.673 e. The highest BCUT2D eigenvalue weighted by molar-refractivity contribution is 6.50. The molecule has 1 rings (SSSR count). The topological polar surface area (TPSA) is 9.23 Å². The van der Waals surface area contributed by atoms with Gasteiger partial charge in [0.05, 0.1) is 20.1 Å². The van der Waals surface area contributed by atoms with E-state index < -0.39 is 7.25 Å². The third-order valence-electron chi connectivity index (χ3n) is 2.25. The first-order chi connectivity index (χ1) is 6.77. The largest absolute Gasteiger partial charge is 0.673 e. The number of rotatable bonds is 3. The van der Waals surface area contributed by atoms with Gasteiger partial charge in [-0.25, -0.2) is 0 Å². The molecule has 1 fully saturated rings. The second kappa shape index (κ2) is 6.32. The van der Waals surface area contributed by atoms with Crippen LogP contribution in [0, 0.1) is 0 Å². The van der Waals surface area contributed by atoms with Gasteiger partial charge in [0, 0.05) is 19.4 Å². The third-order valence-corrected chi connectivity index (χ3v) is 2.25. The molecule has 92 valence electrons. The first kappa shape index (κ1) is 14.7. The molecule has 1 heterocycles. The Morgan fingerprint density at radius 3 is 1.87 bits per heavy atom. The predicted molar refractivity (Wildman–Crippen MR) is 51.8 cm³/mol. The van der Waals surface area contributed by atoms with Crippen molar-refractivity contribution >= 4 is 7.25 Å². The van der Waals surface area contributed by atoms with Crippen LogP contribution in [-0.4, -0.2) is 45.2 Å². The Bertz CT molecular complexity index is 165. The van der Waals surface area contributed by atoms with Gasteiger partial charge in [-0.1, -0.05) is 0 Å². The average Bonchev–Trinajstić information content (AvgIpc) is 2.46. The van der Waals surface area contributed by atoms with Gasteiger partial charge in [0.25, 0.3) is 0 Å². The Balaban J connectivity index is 0.000000336. The lowest BCUT2D eigenvalue weighted by Gasteiger charge is -2.27. The molecule has 0 atom stereocenters. The number of quaternary nitrogens is 1. The first-order valence-corrected chi connectivity index (χ1v) is 5.05. The second-order valence-electron chi connectivity index (χ2n) is 3.89. The summed E-state index contributed by atoms with van der Waals surface area (Å²) in [4.78, 5) is 0. The molecule has 0 bridgehead atoms. The first-order valence-electron chi connectivity index (χ1n) is 5.05. The summed E-state index contributed by atoms with van der Waals surface area (Å²) in [5, 5.41) is 0. The van der Waals surface area contributed by atoms with Crippen molar-refractivity contribution in [2.24, 2.45) is 0 Å². The highest BCUT2D eigenvalue weighted by atomic mass is 19.5. The summed E-state index contributed by atoms with van der Waals surface area (Å²) in [5.74, 6) is 0. The molecule has 0 aromatic rings. The third kappa shape index (κ3) is 10.00. The van der Waals surface area contributed by atoms with Crippen molar-refractivity contribution in [1.82, 2.24) is 0 Å². The molecular formula is C8H18BF4NO. The van der Waals surface area contributed by atoms with Crippen molar-refractivity contribution in [2.75, 3.05) is 33.5 Å². The van der Waals surface area contributed by atoms with E-state index in [4.69, 9.17) is 4.74 Å². The summed E-state index contributed by atoms with van der Waals surface area (Å²) in [5.41, 5.74) is 0. The second-order valence-corrected chi connectivity index (χ2v) is 3.89. The molecule has 0 amide bonds. The van der Waals surface area contributed by atoms with Crippen molar-refractivity contribution in [3.8, 4) is 0 Å². The number of ether oxygens (including phenoxy) is 1. The fourth-order valence-corrected chi connectivity index (χ4v) is 1.54. The smallest absolute Gasteiger partial charge is 0.418 e. The van der Waals surface area contributed by atoms with Crippen LogP contribution in [0.1, 0.15) is 19.8 Å². The van der Waals surface area contributed by atoms with Gasteiger partial charge in [0.15, 0.2) is 6.73 Å². The minimum Gasteiger partial charge on any atom is -0.418 e. The molecule has 0 aliphatic carbocycles. The Hall–Kier alpha value is -0.295. The van der Waals surface area contributed by atoms with E-state index in [1.54, 1.807) is 0 Å². The van der Waals surface area contributed by atoms with Gasteiger partial charge in [-0.05, 0) is 6.92 Å². The lowest BCUT2D eigenvalue weighted by molar-refractivity contribution is -0.916. The van der Waals surface area contributed by atoms with E-state index in [1.165, 1.54) is 25.9 Å². The van der Waals surface area contributed by atoms with Gasteiger partial charge >= 0.3 is 7.25 Å². The molecule has 1 aliphatic heterocycles. The standard InChI is InChI=1S/C8H18NO.BF4/c1-3-10-8-9(2)6-4-5-7-9;2-1(3,4)5/h3-8H2,1-2H3;/q+1;-1. The average molecular weight is 231 g/mol. The van der Waals surface area contributed by atoms with Gasteiger partial charge in [-0.2, -0.15) is 0 Å². The van der Waals surface area contributed by atoms with Crippen LogP contribution in [0.15, 0.2) is 0 Å². The molecule has 0 spiro atoms. The van der Waals surface area contributed by atoms with Crippen LogP contribution in [-0.2, 0) is 4.74 Å². The molecule has 2 nitrogen and oxygen atoms in total. The summed E-state index contributed by atoms with van der Waals surface area (Å²) in [6.07, 6.45) is 2.76. The predicted octanol–water partition coefficient (Wildman–Crippen LogP) is 2.52. The molecule has 0 radical (unpaired) electrons. The van der Waals surface area contributed by atoms with E-state index in [2.05, 4.69) is 14.0 Å². The summed E-state index contributed by atoms with van der Waals surface area (Å²) >= 11 is 0. The Kier molecular flexibility index (Phi) is 6.20. The van der Waals surface area contributed by atoms with Crippen LogP contribution in [0.25, 0.3) is 0 Å². The molecule has 0 unspecified atom stereocenters. The van der Waals surface area contributed by atoms with Crippen molar-refractivity contribution in [3.05, 3.63) is 0 Å². The van der Waals surface area contributed by atoms with E-state index in [0.717, 1.165) is 17.8 Å². The monoisotopic (exact) mass is 231 g/mol. The lowest BCUT2D eigenvalue weighted by atomic mass is 10.3. The van der Waals surface area contributed by atoms with Crippen LogP contribution >= 0.6 is 0 Å². The summed E-state index contributed by atoms with van der Waals surface area (Å²) in [6.45, 7) is 6.44. The van der Waals surface area contributed by atoms with E-state index in [1.807, 2.05) is 0 Å². The molecule has 0 aromatic heterocycles. The summed E-state index contributed by atoms with van der Waals surface area (Å²) in [7, 11) is -3.72. The normalized spacial score (nSPS) is 19.6. The number of nitrogens with zero attached hydrogens (tertiary/aromatic N) is 1. The number of hydrogen-bond acceptors (Lipinski definition) is 1. The van der Waals surface area contributed by atoms with Crippen molar-refractivity contribution in [3.63, 3.8) is 0 Å². The highest BCUT2D eigenvalue weighted by Crippen LogP contribution is 2.15. The van der Waals surface area contributed by atoms with Gasteiger partial charge < -0.3 is 26.5 Å². The van der Waals surface area contributed by atoms with Crippen LogP contribution in [0.2, 0.25) is 0 Å². The van der Waals surface area contributed by atoms with E-state index in [9.17, 15) is 17.3 Å². The number of hydrogen-bond donors (Lipinski definition) is 0. The Morgan fingerprint density at radius 1 is 1.13 bits per heavy atom. The van der Waals surface area contributed by atoms with Gasteiger partial charge in [-0.3, -0.25) is 0 Å². The molecule has 1 aliphatic rings. The molecule has 0 saturated carbocycles. The van der Waals surface area contributed by atoms with Crippen molar-refractivity contribution in [1.29, 1.82) is 0 Å². The Labute approximate surface area is 87.9 Å². The van der Waals surface area contributed by atoms with Crippen molar-refractivity contribution < 1.29 is 26.5 Å². The van der Waals surface area contributed by atoms with Gasteiger partial charge in [0.1, 0.15) is 0 Å². The minimum absolute atomic E-state index is 0.855. The van der Waals surface area contributed by atoms with Gasteiger partial charge in [-0.15, -0.1) is 0 Å². The van der Waals surface area contributed by atoms with Gasteiger partial charge in [0.2, 0.25) is 0 Å². The zero-order valence-corrected chi connectivity index (χ0v) is 9.19. The SMILES string of the molecule is CCOC[N+]1(C)CCCC1.F[B-](F)(F)F. The Morgan fingerprint density at radius 2 is 1.53 bits per heavy atom. The fourth-order valence-electron chi connectivity index (χ4n) is 1.54. The molecular weight excluding hydrogens is 213 g/mol. The highest BCUT2D eigenvalue weighted by Gasteiger charge is 2.26. The molecule has 7 heteroatoms. The van der Waals surface area contributed by atoms with Crippen LogP contribution in [0.3, 0.4) is 0 Å². The lowest BCUT2D eigenvalue weighted by Crippen LogP contribution is -2.42. The van der Waals surface area contributed by atoms with Crippen LogP contribution in [0.4, 0.5) is 17.3 Å². The summed E-state index contributed by atoms with van der Waals surface area (Å²) in [6, 6.07) is 0. The fraction of sp³-hybridized carbons (Fsp3) is 1.00. The van der Waals surface area contributed by atoms with Crippen molar-refractivity contribution in [2.45, 2.75) is 19.8 Å². The summed E-state index contributed by atoms with van der Waals surface area (Å²) < 4.78 is 45.5. The minimum atomic E-state index is -6.00. The number of halogens is 4. The molecule has 1 saturated heterocycles. The van der Waals surface area contributed by atoms with E-state index >= 15 is 0 Å². The number of likely N-dealkylation sites (tertiary alicyclic amines) is 1. The maximum absolute atomic E-state index is 9.75. The molecule has 15 heavy (non-hydrogen) atoms. The maximum atomic E-state index is 9.75. The zero-order chi connectivity index (χ0) is 11.9. The molecule has 0 aromatic carbocycles. The van der Waals surface area contributed by atoms with Crippen LogP contribution < -0.4 is 0 Å². The zero-order valence-electron chi connectivity index (χ0n) is 9.19.